The molecular weight excluding hydrogens is 248 g/mol. The van der Waals surface area contributed by atoms with Gasteiger partial charge in [0.1, 0.15) is 0 Å². The van der Waals surface area contributed by atoms with E-state index in [0.717, 1.165) is 31.6 Å². The fourth-order valence-corrected chi connectivity index (χ4v) is 2.69. The predicted molar refractivity (Wildman–Crippen MR) is 69.2 cm³/mol. The lowest BCUT2D eigenvalue weighted by atomic mass is 10.0. The average molecular weight is 264 g/mol. The molecule has 2 aliphatic heterocycles. The molecule has 102 valence electrons. The number of nitrogens with zero attached hydrogens (tertiary/aromatic N) is 2. The summed E-state index contributed by atoms with van der Waals surface area (Å²) in [5, 5.41) is 10.8. The molecule has 19 heavy (non-hydrogen) atoms. The van der Waals surface area contributed by atoms with Crippen LogP contribution in [0.3, 0.4) is 0 Å². The highest BCUT2D eigenvalue weighted by Crippen LogP contribution is 2.33. The van der Waals surface area contributed by atoms with E-state index in [4.69, 9.17) is 9.47 Å². The molecule has 6 nitrogen and oxygen atoms in total. The van der Waals surface area contributed by atoms with Crippen molar-refractivity contribution in [3.8, 4) is 0 Å². The smallest absolute Gasteiger partial charge is 0.271 e. The van der Waals surface area contributed by atoms with E-state index in [0.29, 0.717) is 13.2 Å². The molecule has 1 aromatic carbocycles. The summed E-state index contributed by atoms with van der Waals surface area (Å²) in [6, 6.07) is 6.76. The quantitative estimate of drug-likeness (QED) is 0.603. The Morgan fingerprint density at radius 3 is 2.53 bits per heavy atom. The van der Waals surface area contributed by atoms with Gasteiger partial charge < -0.3 is 14.4 Å². The van der Waals surface area contributed by atoms with Crippen molar-refractivity contribution in [1.82, 2.24) is 0 Å². The lowest BCUT2D eigenvalue weighted by molar-refractivity contribution is -0.384. The van der Waals surface area contributed by atoms with Crippen LogP contribution in [0.25, 0.3) is 0 Å². The van der Waals surface area contributed by atoms with Crippen molar-refractivity contribution in [1.29, 1.82) is 0 Å². The van der Waals surface area contributed by atoms with E-state index < -0.39 is 5.79 Å². The second-order valence-electron chi connectivity index (χ2n) is 4.87. The largest absolute Gasteiger partial charge is 0.371 e. The number of benzene rings is 1. The van der Waals surface area contributed by atoms with E-state index >= 15 is 0 Å². The Morgan fingerprint density at radius 1 is 1.21 bits per heavy atom. The van der Waals surface area contributed by atoms with Gasteiger partial charge in [-0.05, 0) is 6.07 Å². The number of hydrogen-bond donors (Lipinski definition) is 0. The number of ether oxygens (including phenoxy) is 2. The molecule has 0 aromatic heterocycles. The van der Waals surface area contributed by atoms with E-state index in [-0.39, 0.29) is 10.6 Å². The van der Waals surface area contributed by atoms with Gasteiger partial charge in [-0.25, -0.2) is 0 Å². The minimum atomic E-state index is -0.406. The van der Waals surface area contributed by atoms with Gasteiger partial charge in [-0.2, -0.15) is 0 Å². The molecule has 1 spiro atoms. The Kier molecular flexibility index (Phi) is 3.12. The third-order valence-electron chi connectivity index (χ3n) is 3.74. The molecule has 2 fully saturated rings. The molecule has 2 heterocycles. The molecule has 1 aromatic rings. The summed E-state index contributed by atoms with van der Waals surface area (Å²) in [4.78, 5) is 12.6. The normalized spacial score (nSPS) is 21.8. The first-order valence-electron chi connectivity index (χ1n) is 6.46. The lowest BCUT2D eigenvalue weighted by Crippen LogP contribution is -2.45. The Hall–Kier alpha value is -1.66. The lowest BCUT2D eigenvalue weighted by Gasteiger charge is -2.38. The zero-order valence-corrected chi connectivity index (χ0v) is 10.6. The summed E-state index contributed by atoms with van der Waals surface area (Å²) in [5.74, 6) is -0.406. The van der Waals surface area contributed by atoms with Gasteiger partial charge in [0.2, 0.25) is 0 Å². The van der Waals surface area contributed by atoms with Crippen LogP contribution in [-0.4, -0.2) is 37.0 Å². The van der Waals surface area contributed by atoms with Crippen LogP contribution in [0.2, 0.25) is 0 Å². The monoisotopic (exact) mass is 264 g/mol. The van der Waals surface area contributed by atoms with E-state index in [1.165, 1.54) is 6.07 Å². The molecule has 0 aliphatic carbocycles. The van der Waals surface area contributed by atoms with Crippen LogP contribution in [0.5, 0.6) is 0 Å². The van der Waals surface area contributed by atoms with Crippen LogP contribution in [0.15, 0.2) is 24.3 Å². The number of rotatable bonds is 2. The minimum Gasteiger partial charge on any atom is -0.371 e. The van der Waals surface area contributed by atoms with Gasteiger partial charge in [-0.1, -0.05) is 6.07 Å². The Bertz CT molecular complexity index is 475. The molecule has 0 atom stereocenters. The van der Waals surface area contributed by atoms with Crippen LogP contribution >= 0.6 is 0 Å². The molecule has 0 unspecified atom stereocenters. The zero-order chi connectivity index (χ0) is 13.3. The molecule has 2 aliphatic rings. The number of nitro groups is 1. The second-order valence-corrected chi connectivity index (χ2v) is 4.87. The van der Waals surface area contributed by atoms with Crippen LogP contribution < -0.4 is 4.90 Å². The maximum Gasteiger partial charge on any atom is 0.271 e. The van der Waals surface area contributed by atoms with E-state index in [1.54, 1.807) is 12.1 Å². The predicted octanol–water partition coefficient (Wildman–Crippen LogP) is 1.94. The summed E-state index contributed by atoms with van der Waals surface area (Å²) in [6.45, 7) is 2.91. The van der Waals surface area contributed by atoms with Crippen LogP contribution in [0.4, 0.5) is 11.4 Å². The van der Waals surface area contributed by atoms with Gasteiger partial charge >= 0.3 is 0 Å². The van der Waals surface area contributed by atoms with Crippen molar-refractivity contribution in [2.75, 3.05) is 31.2 Å². The van der Waals surface area contributed by atoms with Gasteiger partial charge in [0.25, 0.3) is 5.69 Å². The fourth-order valence-electron chi connectivity index (χ4n) is 2.69. The first-order valence-corrected chi connectivity index (χ1v) is 6.46. The average Bonchev–Trinajstić information content (AvgIpc) is 2.88. The molecule has 3 rings (SSSR count). The third kappa shape index (κ3) is 2.41. The summed E-state index contributed by atoms with van der Waals surface area (Å²) in [6.07, 6.45) is 1.60. The Labute approximate surface area is 111 Å². The third-order valence-corrected chi connectivity index (χ3v) is 3.74. The highest BCUT2D eigenvalue weighted by Gasteiger charge is 2.39. The molecule has 0 N–H and O–H groups in total. The van der Waals surface area contributed by atoms with Crippen molar-refractivity contribution in [2.24, 2.45) is 0 Å². The van der Waals surface area contributed by atoms with Crippen molar-refractivity contribution in [3.05, 3.63) is 34.4 Å². The standard InChI is InChI=1S/C13H16N2O4/c16-15(17)12-3-1-2-11(10-12)14-6-4-13(5-7-14)18-8-9-19-13/h1-3,10H,4-9H2. The van der Waals surface area contributed by atoms with Crippen molar-refractivity contribution < 1.29 is 14.4 Å². The first-order chi connectivity index (χ1) is 9.19. The first kappa shape index (κ1) is 12.4. The summed E-state index contributed by atoms with van der Waals surface area (Å²) in [7, 11) is 0. The fraction of sp³-hybridized carbons (Fsp3) is 0.538. The molecule has 0 bridgehead atoms. The SMILES string of the molecule is O=[N+]([O-])c1cccc(N2CCC3(CC2)OCCO3)c1. The zero-order valence-electron chi connectivity index (χ0n) is 10.6. The summed E-state index contributed by atoms with van der Waals surface area (Å²) in [5.41, 5.74) is 1.02. The molecule has 2 saturated heterocycles. The Morgan fingerprint density at radius 2 is 1.89 bits per heavy atom. The number of nitro benzene ring substituents is 1. The highest BCUT2D eigenvalue weighted by atomic mass is 16.7. The molecule has 0 amide bonds. The van der Waals surface area contributed by atoms with Crippen molar-refractivity contribution in [2.45, 2.75) is 18.6 Å². The molecule has 0 saturated carbocycles. The maximum absolute atomic E-state index is 10.8. The maximum atomic E-state index is 10.8. The van der Waals surface area contributed by atoms with Gasteiger partial charge in [-0.3, -0.25) is 10.1 Å². The summed E-state index contributed by atoms with van der Waals surface area (Å²) < 4.78 is 11.3. The minimum absolute atomic E-state index is 0.131. The molecular formula is C13H16N2O4. The topological polar surface area (TPSA) is 64.8 Å². The van der Waals surface area contributed by atoms with Crippen LogP contribution in [-0.2, 0) is 9.47 Å². The summed E-state index contributed by atoms with van der Waals surface area (Å²) >= 11 is 0. The second kappa shape index (κ2) is 4.79. The van der Waals surface area contributed by atoms with Gasteiger partial charge in [0.05, 0.1) is 18.1 Å². The highest BCUT2D eigenvalue weighted by molar-refractivity contribution is 5.53. The van der Waals surface area contributed by atoms with Crippen LogP contribution in [0, 0.1) is 10.1 Å². The Balaban J connectivity index is 1.71. The number of anilines is 1. The van der Waals surface area contributed by atoms with Gasteiger partial charge in [0.15, 0.2) is 5.79 Å². The van der Waals surface area contributed by atoms with E-state index in [1.807, 2.05) is 6.07 Å². The van der Waals surface area contributed by atoms with Gasteiger partial charge in [-0.15, -0.1) is 0 Å². The molecule has 6 heteroatoms. The van der Waals surface area contributed by atoms with E-state index in [9.17, 15) is 10.1 Å². The molecule has 0 radical (unpaired) electrons. The number of hydrogen-bond acceptors (Lipinski definition) is 5. The number of piperidine rings is 1. The van der Waals surface area contributed by atoms with E-state index in [2.05, 4.69) is 4.90 Å². The van der Waals surface area contributed by atoms with Crippen molar-refractivity contribution >= 4 is 11.4 Å². The van der Waals surface area contributed by atoms with Crippen molar-refractivity contribution in [3.63, 3.8) is 0 Å². The number of non-ortho nitro benzene ring substituents is 1. The van der Waals surface area contributed by atoms with Crippen LogP contribution in [0.1, 0.15) is 12.8 Å². The van der Waals surface area contributed by atoms with Gasteiger partial charge in [0, 0.05) is 43.8 Å².